The molecule has 1 aliphatic rings. The highest BCUT2D eigenvalue weighted by Gasteiger charge is 2.36. The molecule has 2 aromatic carbocycles. The lowest BCUT2D eigenvalue weighted by Gasteiger charge is -2.24. The molecule has 1 unspecified atom stereocenters. The third-order valence-corrected chi connectivity index (χ3v) is 4.91. The molecule has 0 radical (unpaired) electrons. The summed E-state index contributed by atoms with van der Waals surface area (Å²) in [4.78, 5) is 14.8. The van der Waals surface area contributed by atoms with E-state index in [0.29, 0.717) is 19.5 Å². The molecular weight excluding hydrogens is 312 g/mol. The average Bonchev–Trinajstić information content (AvgIpc) is 3.03. The predicted molar refractivity (Wildman–Crippen MR) is 99.6 cm³/mol. The summed E-state index contributed by atoms with van der Waals surface area (Å²) >= 11 is 0. The van der Waals surface area contributed by atoms with E-state index in [4.69, 9.17) is 10.5 Å². The number of para-hydroxylation sites is 1. The van der Waals surface area contributed by atoms with Gasteiger partial charge in [-0.2, -0.15) is 0 Å². The molecule has 3 atom stereocenters. The van der Waals surface area contributed by atoms with E-state index in [1.54, 1.807) is 0 Å². The molecule has 2 N–H and O–H groups in total. The van der Waals surface area contributed by atoms with Crippen LogP contribution in [0.2, 0.25) is 0 Å². The van der Waals surface area contributed by atoms with Gasteiger partial charge in [0.05, 0.1) is 0 Å². The van der Waals surface area contributed by atoms with Crippen molar-refractivity contribution in [3.63, 3.8) is 0 Å². The van der Waals surface area contributed by atoms with Crippen molar-refractivity contribution in [3.05, 3.63) is 65.7 Å². The van der Waals surface area contributed by atoms with E-state index in [9.17, 15) is 4.79 Å². The van der Waals surface area contributed by atoms with Crippen LogP contribution in [-0.2, 0) is 4.79 Å². The number of benzene rings is 2. The zero-order valence-electron chi connectivity index (χ0n) is 14.9. The van der Waals surface area contributed by atoms with Crippen LogP contribution in [0.4, 0.5) is 0 Å². The van der Waals surface area contributed by atoms with Crippen LogP contribution in [0.1, 0.15) is 30.4 Å². The van der Waals surface area contributed by atoms with E-state index < -0.39 is 6.10 Å². The first-order valence-electron chi connectivity index (χ1n) is 8.91. The summed E-state index contributed by atoms with van der Waals surface area (Å²) in [5.41, 5.74) is 8.55. The van der Waals surface area contributed by atoms with Crippen molar-refractivity contribution in [2.75, 3.05) is 13.1 Å². The maximum Gasteiger partial charge on any atom is 0.263 e. The smallest absolute Gasteiger partial charge is 0.263 e. The second kappa shape index (κ2) is 7.70. The van der Waals surface area contributed by atoms with Crippen molar-refractivity contribution in [1.82, 2.24) is 4.90 Å². The van der Waals surface area contributed by atoms with Crippen LogP contribution >= 0.6 is 0 Å². The minimum absolute atomic E-state index is 0.0274. The molecule has 2 aromatic rings. The van der Waals surface area contributed by atoms with Crippen LogP contribution in [-0.4, -0.2) is 36.0 Å². The van der Waals surface area contributed by atoms with Gasteiger partial charge in [-0.1, -0.05) is 55.5 Å². The van der Waals surface area contributed by atoms with Gasteiger partial charge < -0.3 is 15.4 Å². The highest BCUT2D eigenvalue weighted by molar-refractivity contribution is 5.81. The van der Waals surface area contributed by atoms with Crippen LogP contribution < -0.4 is 10.5 Å². The Kier molecular flexibility index (Phi) is 5.39. The third-order valence-electron chi connectivity index (χ3n) is 4.91. The molecule has 1 heterocycles. The first kappa shape index (κ1) is 17.5. The normalized spacial score (nSPS) is 21.2. The van der Waals surface area contributed by atoms with Gasteiger partial charge in [-0.05, 0) is 30.5 Å². The molecular formula is C21H26N2O2. The fourth-order valence-electron chi connectivity index (χ4n) is 3.42. The molecule has 1 amide bonds. The lowest BCUT2D eigenvalue weighted by Crippen LogP contribution is -2.41. The third kappa shape index (κ3) is 3.85. The molecule has 3 rings (SSSR count). The van der Waals surface area contributed by atoms with Crippen molar-refractivity contribution in [1.29, 1.82) is 0 Å². The second-order valence-corrected chi connectivity index (χ2v) is 6.70. The number of carbonyl (C=O) groups is 1. The summed E-state index contributed by atoms with van der Waals surface area (Å²) in [7, 11) is 0. The Morgan fingerprint density at radius 1 is 1.16 bits per heavy atom. The second-order valence-electron chi connectivity index (χ2n) is 6.70. The van der Waals surface area contributed by atoms with Gasteiger partial charge in [0.15, 0.2) is 6.10 Å². The average molecular weight is 338 g/mol. The Morgan fingerprint density at radius 3 is 2.52 bits per heavy atom. The Hall–Kier alpha value is -2.33. The molecule has 0 saturated carbocycles. The van der Waals surface area contributed by atoms with Gasteiger partial charge in [-0.3, -0.25) is 4.79 Å². The summed E-state index contributed by atoms with van der Waals surface area (Å²) in [6.07, 6.45) is 0.164. The van der Waals surface area contributed by atoms with Crippen molar-refractivity contribution in [2.45, 2.75) is 38.3 Å². The number of likely N-dealkylation sites (tertiary alicyclic amines) is 1. The molecule has 0 aliphatic carbocycles. The number of carbonyl (C=O) groups excluding carboxylic acids is 1. The lowest BCUT2D eigenvalue weighted by atomic mass is 9.95. The van der Waals surface area contributed by atoms with E-state index in [1.807, 2.05) is 61.2 Å². The van der Waals surface area contributed by atoms with Crippen molar-refractivity contribution >= 4 is 5.91 Å². The quantitative estimate of drug-likeness (QED) is 0.911. The van der Waals surface area contributed by atoms with Gasteiger partial charge in [0.25, 0.3) is 5.91 Å². The molecule has 0 aromatic heterocycles. The van der Waals surface area contributed by atoms with Crippen molar-refractivity contribution in [3.8, 4) is 5.75 Å². The lowest BCUT2D eigenvalue weighted by molar-refractivity contribution is -0.137. The first-order valence-corrected chi connectivity index (χ1v) is 8.91. The van der Waals surface area contributed by atoms with Crippen molar-refractivity contribution in [2.24, 2.45) is 5.73 Å². The van der Waals surface area contributed by atoms with E-state index in [-0.39, 0.29) is 17.9 Å². The minimum Gasteiger partial charge on any atom is -0.480 e. The number of amides is 1. The fraction of sp³-hybridized carbons (Fsp3) is 0.381. The van der Waals surface area contributed by atoms with Gasteiger partial charge in [0.1, 0.15) is 5.75 Å². The Bertz CT molecular complexity index is 717. The fourth-order valence-corrected chi connectivity index (χ4v) is 3.42. The van der Waals surface area contributed by atoms with Gasteiger partial charge in [-0.25, -0.2) is 0 Å². The molecule has 1 fully saturated rings. The molecule has 0 spiro atoms. The predicted octanol–water partition coefficient (Wildman–Crippen LogP) is 3.11. The largest absolute Gasteiger partial charge is 0.480 e. The first-order chi connectivity index (χ1) is 12.1. The molecule has 25 heavy (non-hydrogen) atoms. The van der Waals surface area contributed by atoms with E-state index in [1.165, 1.54) is 5.56 Å². The summed E-state index contributed by atoms with van der Waals surface area (Å²) in [5.74, 6) is 0.978. The zero-order chi connectivity index (χ0) is 17.8. The molecule has 4 heteroatoms. The van der Waals surface area contributed by atoms with Crippen LogP contribution in [0.5, 0.6) is 5.75 Å². The van der Waals surface area contributed by atoms with Crippen LogP contribution in [0.25, 0.3) is 0 Å². The summed E-state index contributed by atoms with van der Waals surface area (Å²) in [5, 5.41) is 0. The number of hydrogen-bond acceptors (Lipinski definition) is 3. The topological polar surface area (TPSA) is 55.6 Å². The monoisotopic (exact) mass is 338 g/mol. The number of rotatable bonds is 5. The highest BCUT2D eigenvalue weighted by atomic mass is 16.5. The van der Waals surface area contributed by atoms with Crippen molar-refractivity contribution < 1.29 is 9.53 Å². The molecule has 1 aliphatic heterocycles. The Morgan fingerprint density at radius 2 is 1.84 bits per heavy atom. The van der Waals surface area contributed by atoms with E-state index in [2.05, 4.69) is 12.1 Å². The Labute approximate surface area is 149 Å². The zero-order valence-corrected chi connectivity index (χ0v) is 14.9. The van der Waals surface area contributed by atoms with E-state index >= 15 is 0 Å². The number of ether oxygens (including phenoxy) is 1. The van der Waals surface area contributed by atoms with Crippen LogP contribution in [0.15, 0.2) is 54.6 Å². The number of hydrogen-bond donors (Lipinski definition) is 1. The standard InChI is InChI=1S/C21H26N2O2/c1-3-19(25-20-12-8-7-9-15(20)2)21(24)23-13-17(18(22)14-23)16-10-5-4-6-11-16/h4-12,17-19H,3,13-14,22H2,1-2H3/t17-,18+,19?/m0/s1. The highest BCUT2D eigenvalue weighted by Crippen LogP contribution is 2.28. The molecule has 1 saturated heterocycles. The van der Waals surface area contributed by atoms with Gasteiger partial charge in [-0.15, -0.1) is 0 Å². The number of nitrogens with two attached hydrogens (primary N) is 1. The molecule has 4 nitrogen and oxygen atoms in total. The van der Waals surface area contributed by atoms with Gasteiger partial charge in [0.2, 0.25) is 0 Å². The Balaban J connectivity index is 1.70. The number of aryl methyl sites for hydroxylation is 1. The number of nitrogens with zero attached hydrogens (tertiary/aromatic N) is 1. The van der Waals surface area contributed by atoms with Gasteiger partial charge in [0, 0.05) is 25.0 Å². The summed E-state index contributed by atoms with van der Waals surface area (Å²) < 4.78 is 6.01. The van der Waals surface area contributed by atoms with Crippen LogP contribution in [0, 0.1) is 6.92 Å². The van der Waals surface area contributed by atoms with Gasteiger partial charge >= 0.3 is 0 Å². The molecule has 0 bridgehead atoms. The summed E-state index contributed by atoms with van der Waals surface area (Å²) in [6.45, 7) is 5.19. The maximum absolute atomic E-state index is 13.0. The maximum atomic E-state index is 13.0. The molecule has 132 valence electrons. The summed E-state index contributed by atoms with van der Waals surface area (Å²) in [6, 6.07) is 18.0. The van der Waals surface area contributed by atoms with E-state index in [0.717, 1.165) is 11.3 Å². The van der Waals surface area contributed by atoms with Crippen LogP contribution in [0.3, 0.4) is 0 Å². The SMILES string of the molecule is CCC(Oc1ccccc1C)C(=O)N1C[C@@H](N)[C@H](c2ccccc2)C1. The minimum atomic E-state index is -0.470.